The van der Waals surface area contributed by atoms with Gasteiger partial charge in [0.1, 0.15) is 5.75 Å². The molecule has 7 nitrogen and oxygen atoms in total. The monoisotopic (exact) mass is 327 g/mol. The van der Waals surface area contributed by atoms with Crippen LogP contribution in [0.25, 0.3) is 16.9 Å². The van der Waals surface area contributed by atoms with Gasteiger partial charge in [-0.1, -0.05) is 5.21 Å². The molecule has 0 amide bonds. The van der Waals surface area contributed by atoms with Gasteiger partial charge in [0.2, 0.25) is 5.75 Å². The van der Waals surface area contributed by atoms with Crippen LogP contribution >= 0.6 is 0 Å². The van der Waals surface area contributed by atoms with E-state index in [9.17, 15) is 5.11 Å². The van der Waals surface area contributed by atoms with E-state index in [0.29, 0.717) is 22.9 Å². The van der Waals surface area contributed by atoms with Crippen molar-refractivity contribution in [2.75, 3.05) is 21.3 Å². The largest absolute Gasteiger partial charge is 0.508 e. The van der Waals surface area contributed by atoms with Gasteiger partial charge in [0.25, 0.3) is 0 Å². The summed E-state index contributed by atoms with van der Waals surface area (Å²) < 4.78 is 17.8. The molecule has 0 aliphatic rings. The predicted molar refractivity (Wildman–Crippen MR) is 88.1 cm³/mol. The Kier molecular flexibility index (Phi) is 4.24. The van der Waals surface area contributed by atoms with Crippen LogP contribution in [-0.4, -0.2) is 41.4 Å². The lowest BCUT2D eigenvalue weighted by molar-refractivity contribution is 0.324. The Hall–Kier alpha value is -3.22. The van der Waals surface area contributed by atoms with Gasteiger partial charge < -0.3 is 19.3 Å². The van der Waals surface area contributed by atoms with Gasteiger partial charge in [0.05, 0.1) is 38.9 Å². The molecular formula is C17H17N3O4. The number of phenols is 1. The molecule has 124 valence electrons. The molecule has 7 heteroatoms. The average molecular weight is 327 g/mol. The highest BCUT2D eigenvalue weighted by Crippen LogP contribution is 2.39. The molecule has 1 aromatic heterocycles. The summed E-state index contributed by atoms with van der Waals surface area (Å²) in [4.78, 5) is 0. The number of phenolic OH excluding ortho intramolecular Hbond substituents is 1. The molecule has 1 heterocycles. The quantitative estimate of drug-likeness (QED) is 0.776. The molecule has 0 fully saturated rings. The first-order chi connectivity index (χ1) is 11.7. The molecule has 3 aromatic rings. The van der Waals surface area contributed by atoms with E-state index in [0.717, 1.165) is 11.3 Å². The van der Waals surface area contributed by atoms with Crippen molar-refractivity contribution in [3.63, 3.8) is 0 Å². The van der Waals surface area contributed by atoms with Crippen LogP contribution in [0.2, 0.25) is 0 Å². The van der Waals surface area contributed by atoms with Gasteiger partial charge in [-0.15, -0.1) is 5.10 Å². The third-order valence-corrected chi connectivity index (χ3v) is 3.61. The number of rotatable bonds is 5. The van der Waals surface area contributed by atoms with Crippen LogP contribution in [0.1, 0.15) is 0 Å². The molecule has 0 aliphatic heterocycles. The van der Waals surface area contributed by atoms with Crippen LogP contribution in [0.4, 0.5) is 0 Å². The normalized spacial score (nSPS) is 10.5. The van der Waals surface area contributed by atoms with Crippen LogP contribution in [0.5, 0.6) is 23.0 Å². The van der Waals surface area contributed by atoms with Gasteiger partial charge in [0, 0.05) is 17.7 Å². The van der Waals surface area contributed by atoms with Crippen molar-refractivity contribution >= 4 is 0 Å². The zero-order chi connectivity index (χ0) is 17.1. The number of ether oxygens (including phenoxy) is 3. The maximum Gasteiger partial charge on any atom is 0.203 e. The van der Waals surface area contributed by atoms with E-state index in [1.807, 2.05) is 0 Å². The molecule has 3 rings (SSSR count). The summed E-state index contributed by atoms with van der Waals surface area (Å²) in [6.45, 7) is 0. The van der Waals surface area contributed by atoms with Gasteiger partial charge >= 0.3 is 0 Å². The van der Waals surface area contributed by atoms with Crippen LogP contribution in [0, 0.1) is 0 Å². The van der Waals surface area contributed by atoms with Crippen molar-refractivity contribution in [2.45, 2.75) is 0 Å². The van der Waals surface area contributed by atoms with E-state index in [1.165, 1.54) is 0 Å². The number of aromatic nitrogens is 3. The molecule has 0 saturated carbocycles. The first-order valence-electron chi connectivity index (χ1n) is 7.18. The second-order valence-electron chi connectivity index (χ2n) is 4.96. The predicted octanol–water partition coefficient (Wildman–Crippen LogP) is 2.67. The van der Waals surface area contributed by atoms with E-state index >= 15 is 0 Å². The highest BCUT2D eigenvalue weighted by Gasteiger charge is 2.17. The van der Waals surface area contributed by atoms with Crippen molar-refractivity contribution in [3.05, 3.63) is 42.6 Å². The zero-order valence-corrected chi connectivity index (χ0v) is 13.6. The SMILES string of the molecule is COc1cc(-n2nncc2-c2ccc(O)cc2)cc(OC)c1OC. The first-order valence-corrected chi connectivity index (χ1v) is 7.18. The van der Waals surface area contributed by atoms with Gasteiger partial charge in [-0.2, -0.15) is 0 Å². The first kappa shape index (κ1) is 15.7. The Bertz CT molecular complexity index is 818. The van der Waals surface area contributed by atoms with Gasteiger partial charge in [-0.3, -0.25) is 0 Å². The van der Waals surface area contributed by atoms with E-state index < -0.39 is 0 Å². The molecule has 0 bridgehead atoms. The zero-order valence-electron chi connectivity index (χ0n) is 13.6. The minimum absolute atomic E-state index is 0.200. The van der Waals surface area contributed by atoms with Gasteiger partial charge in [-0.05, 0) is 24.3 Å². The smallest absolute Gasteiger partial charge is 0.203 e. The van der Waals surface area contributed by atoms with E-state index in [-0.39, 0.29) is 5.75 Å². The Morgan fingerprint density at radius 2 is 1.54 bits per heavy atom. The Balaban J connectivity index is 2.14. The number of nitrogens with zero attached hydrogens (tertiary/aromatic N) is 3. The molecule has 0 radical (unpaired) electrons. The summed E-state index contributed by atoms with van der Waals surface area (Å²) in [5, 5.41) is 17.6. The number of hydrogen-bond donors (Lipinski definition) is 1. The Labute approximate surface area is 139 Å². The van der Waals surface area contributed by atoms with Crippen LogP contribution in [-0.2, 0) is 0 Å². The molecule has 0 atom stereocenters. The molecule has 0 unspecified atom stereocenters. The van der Waals surface area contributed by atoms with E-state index in [1.54, 1.807) is 68.6 Å². The fourth-order valence-corrected chi connectivity index (χ4v) is 2.44. The summed E-state index contributed by atoms with van der Waals surface area (Å²) in [6, 6.07) is 10.4. The Morgan fingerprint density at radius 1 is 0.917 bits per heavy atom. The lowest BCUT2D eigenvalue weighted by atomic mass is 10.1. The molecule has 0 saturated heterocycles. The number of benzene rings is 2. The second-order valence-corrected chi connectivity index (χ2v) is 4.96. The van der Waals surface area contributed by atoms with Crippen molar-refractivity contribution in [1.82, 2.24) is 15.0 Å². The summed E-state index contributed by atoms with van der Waals surface area (Å²) in [5.74, 6) is 1.76. The molecule has 0 spiro atoms. The number of methoxy groups -OCH3 is 3. The van der Waals surface area contributed by atoms with E-state index in [4.69, 9.17) is 14.2 Å². The van der Waals surface area contributed by atoms with Crippen molar-refractivity contribution in [1.29, 1.82) is 0 Å². The highest BCUT2D eigenvalue weighted by atomic mass is 16.5. The summed E-state index contributed by atoms with van der Waals surface area (Å²) in [7, 11) is 4.67. The third kappa shape index (κ3) is 2.71. The molecular weight excluding hydrogens is 310 g/mol. The van der Waals surface area contributed by atoms with Gasteiger partial charge in [0.15, 0.2) is 11.5 Å². The fourth-order valence-electron chi connectivity index (χ4n) is 2.44. The minimum atomic E-state index is 0.200. The average Bonchev–Trinajstić information content (AvgIpc) is 3.10. The molecule has 1 N–H and O–H groups in total. The molecule has 2 aromatic carbocycles. The summed E-state index contributed by atoms with van der Waals surface area (Å²) >= 11 is 0. The maximum atomic E-state index is 9.45. The second kappa shape index (κ2) is 6.49. The fraction of sp³-hybridized carbons (Fsp3) is 0.176. The Morgan fingerprint density at radius 3 is 2.08 bits per heavy atom. The molecule has 24 heavy (non-hydrogen) atoms. The lowest BCUT2D eigenvalue weighted by Crippen LogP contribution is -2.02. The minimum Gasteiger partial charge on any atom is -0.508 e. The van der Waals surface area contributed by atoms with Crippen molar-refractivity contribution in [3.8, 4) is 39.9 Å². The maximum absolute atomic E-state index is 9.45. The van der Waals surface area contributed by atoms with E-state index in [2.05, 4.69) is 10.3 Å². The van der Waals surface area contributed by atoms with Crippen molar-refractivity contribution in [2.24, 2.45) is 0 Å². The third-order valence-electron chi connectivity index (χ3n) is 3.61. The van der Waals surface area contributed by atoms with Crippen LogP contribution in [0.3, 0.4) is 0 Å². The summed E-state index contributed by atoms with van der Waals surface area (Å²) in [6.07, 6.45) is 1.65. The van der Waals surface area contributed by atoms with Gasteiger partial charge in [-0.25, -0.2) is 4.68 Å². The van der Waals surface area contributed by atoms with Crippen LogP contribution < -0.4 is 14.2 Å². The topological polar surface area (TPSA) is 78.6 Å². The number of aromatic hydroxyl groups is 1. The number of hydrogen-bond acceptors (Lipinski definition) is 6. The molecule has 0 aliphatic carbocycles. The highest BCUT2D eigenvalue weighted by molar-refractivity contribution is 5.64. The van der Waals surface area contributed by atoms with Crippen LogP contribution in [0.15, 0.2) is 42.6 Å². The van der Waals surface area contributed by atoms with Crippen molar-refractivity contribution < 1.29 is 19.3 Å². The summed E-state index contributed by atoms with van der Waals surface area (Å²) in [5.41, 5.74) is 2.35. The lowest BCUT2D eigenvalue weighted by Gasteiger charge is -2.15. The standard InChI is InChI=1S/C17H17N3O4/c1-22-15-8-12(9-16(23-2)17(15)24-3)20-14(10-18-19-20)11-4-6-13(21)7-5-11/h4-10,21H,1-3H3.